The fraction of sp³-hybridized carbons (Fsp3) is 0.429. The van der Waals surface area contributed by atoms with E-state index in [4.69, 9.17) is 0 Å². The van der Waals surface area contributed by atoms with Crippen LogP contribution in [0.25, 0.3) is 0 Å². The van der Waals surface area contributed by atoms with Gasteiger partial charge in [0, 0.05) is 6.08 Å². The third-order valence-electron chi connectivity index (χ3n) is 0.944. The van der Waals surface area contributed by atoms with Crippen LogP contribution in [0.1, 0.15) is 6.92 Å². The topological polar surface area (TPSA) is 78.6 Å². The van der Waals surface area contributed by atoms with Crippen LogP contribution in [0.5, 0.6) is 0 Å². The summed E-state index contributed by atoms with van der Waals surface area (Å²) in [7, 11) is 0. The number of nitrogens with two attached hydrogens (primary N) is 1. The standard InChI is InChI=1S/C7H11NO4/c1-3-6(9)12-5(2)4-11-7(8)10/h3,5H,1,4H2,2H3,(H2,8,10). The van der Waals surface area contributed by atoms with Gasteiger partial charge in [-0.2, -0.15) is 0 Å². The molecule has 0 heterocycles. The predicted octanol–water partition coefficient (Wildman–Crippen LogP) is 0.199. The maximum Gasteiger partial charge on any atom is 0.404 e. The maximum atomic E-state index is 10.6. The van der Waals surface area contributed by atoms with E-state index in [0.717, 1.165) is 6.08 Å². The number of rotatable bonds is 4. The van der Waals surface area contributed by atoms with Gasteiger partial charge < -0.3 is 15.2 Å². The second-order valence-electron chi connectivity index (χ2n) is 2.08. The van der Waals surface area contributed by atoms with Gasteiger partial charge in [0.25, 0.3) is 0 Å². The van der Waals surface area contributed by atoms with Crippen LogP contribution < -0.4 is 5.73 Å². The zero-order valence-corrected chi connectivity index (χ0v) is 6.78. The molecule has 0 aromatic carbocycles. The Morgan fingerprint density at radius 2 is 2.25 bits per heavy atom. The normalized spacial score (nSPS) is 11.4. The van der Waals surface area contributed by atoms with Gasteiger partial charge in [-0.25, -0.2) is 9.59 Å². The molecule has 0 aliphatic rings. The highest BCUT2D eigenvalue weighted by atomic mass is 16.6. The molecule has 0 aliphatic heterocycles. The van der Waals surface area contributed by atoms with Crippen molar-refractivity contribution < 1.29 is 19.1 Å². The monoisotopic (exact) mass is 173 g/mol. The fourth-order valence-corrected chi connectivity index (χ4v) is 0.480. The smallest absolute Gasteiger partial charge is 0.404 e. The van der Waals surface area contributed by atoms with Crippen LogP contribution in [-0.2, 0) is 14.3 Å². The highest BCUT2D eigenvalue weighted by Gasteiger charge is 2.07. The van der Waals surface area contributed by atoms with E-state index in [1.54, 1.807) is 6.92 Å². The lowest BCUT2D eigenvalue weighted by Crippen LogP contribution is -2.23. The first-order valence-corrected chi connectivity index (χ1v) is 3.31. The van der Waals surface area contributed by atoms with Crippen molar-refractivity contribution in [2.45, 2.75) is 13.0 Å². The molecule has 68 valence electrons. The largest absolute Gasteiger partial charge is 0.456 e. The maximum absolute atomic E-state index is 10.6. The molecule has 0 spiro atoms. The molecule has 0 rings (SSSR count). The summed E-state index contributed by atoms with van der Waals surface area (Å²) in [6.07, 6.45) is -0.375. The summed E-state index contributed by atoms with van der Waals surface area (Å²) in [5.41, 5.74) is 4.68. The van der Waals surface area contributed by atoms with E-state index in [1.807, 2.05) is 0 Å². The van der Waals surface area contributed by atoms with E-state index in [-0.39, 0.29) is 6.61 Å². The van der Waals surface area contributed by atoms with Gasteiger partial charge in [0.15, 0.2) is 0 Å². The van der Waals surface area contributed by atoms with Crippen molar-refractivity contribution in [1.82, 2.24) is 0 Å². The van der Waals surface area contributed by atoms with Gasteiger partial charge in [-0.1, -0.05) is 6.58 Å². The molecule has 0 aliphatic carbocycles. The zero-order chi connectivity index (χ0) is 9.56. The molecule has 2 N–H and O–H groups in total. The van der Waals surface area contributed by atoms with Crippen molar-refractivity contribution in [3.05, 3.63) is 12.7 Å². The van der Waals surface area contributed by atoms with E-state index < -0.39 is 18.2 Å². The Bertz CT molecular complexity index is 190. The Labute approximate surface area is 70.1 Å². The Morgan fingerprint density at radius 1 is 1.67 bits per heavy atom. The molecule has 5 nitrogen and oxygen atoms in total. The molecule has 12 heavy (non-hydrogen) atoms. The van der Waals surface area contributed by atoms with Crippen LogP contribution in [0.15, 0.2) is 12.7 Å². The van der Waals surface area contributed by atoms with Gasteiger partial charge in [-0.05, 0) is 6.92 Å². The second-order valence-corrected chi connectivity index (χ2v) is 2.08. The van der Waals surface area contributed by atoms with E-state index >= 15 is 0 Å². The lowest BCUT2D eigenvalue weighted by atomic mass is 10.4. The van der Waals surface area contributed by atoms with Crippen LogP contribution in [0.4, 0.5) is 4.79 Å². The molecule has 0 aromatic rings. The molecule has 0 radical (unpaired) electrons. The fourth-order valence-electron chi connectivity index (χ4n) is 0.480. The summed E-state index contributed by atoms with van der Waals surface area (Å²) in [4.78, 5) is 20.7. The van der Waals surface area contributed by atoms with E-state index in [2.05, 4.69) is 21.8 Å². The van der Waals surface area contributed by atoms with Crippen LogP contribution in [0.3, 0.4) is 0 Å². The predicted molar refractivity (Wildman–Crippen MR) is 41.3 cm³/mol. The number of carbonyl (C=O) groups excluding carboxylic acids is 2. The first-order chi connectivity index (χ1) is 5.56. The zero-order valence-electron chi connectivity index (χ0n) is 6.78. The van der Waals surface area contributed by atoms with Crippen molar-refractivity contribution >= 4 is 12.1 Å². The molecule has 0 bridgehead atoms. The van der Waals surface area contributed by atoms with Crippen LogP contribution >= 0.6 is 0 Å². The lowest BCUT2D eigenvalue weighted by molar-refractivity contribution is -0.143. The molecular weight excluding hydrogens is 162 g/mol. The minimum absolute atomic E-state index is 0.0467. The van der Waals surface area contributed by atoms with Gasteiger partial charge >= 0.3 is 12.1 Å². The third kappa shape index (κ3) is 5.28. The lowest BCUT2D eigenvalue weighted by Gasteiger charge is -2.10. The van der Waals surface area contributed by atoms with Crippen molar-refractivity contribution in [3.63, 3.8) is 0 Å². The van der Waals surface area contributed by atoms with Crippen molar-refractivity contribution in [1.29, 1.82) is 0 Å². The average molecular weight is 173 g/mol. The Balaban J connectivity index is 3.59. The number of primary amides is 1. The molecular formula is C7H11NO4. The minimum atomic E-state index is -0.892. The number of carbonyl (C=O) groups is 2. The summed E-state index contributed by atoms with van der Waals surface area (Å²) < 4.78 is 9.04. The average Bonchev–Trinajstić information content (AvgIpc) is 2.00. The quantitative estimate of drug-likeness (QED) is 0.486. The van der Waals surface area contributed by atoms with Crippen LogP contribution in [0.2, 0.25) is 0 Å². The number of amides is 1. The summed E-state index contributed by atoms with van der Waals surface area (Å²) in [5, 5.41) is 0. The summed E-state index contributed by atoms with van der Waals surface area (Å²) in [5.74, 6) is -0.560. The van der Waals surface area contributed by atoms with Crippen LogP contribution in [-0.4, -0.2) is 24.8 Å². The molecule has 5 heteroatoms. The number of ether oxygens (including phenoxy) is 2. The van der Waals surface area contributed by atoms with Gasteiger partial charge in [-0.3, -0.25) is 0 Å². The highest BCUT2D eigenvalue weighted by Crippen LogP contribution is 1.92. The summed E-state index contributed by atoms with van der Waals surface area (Å²) in [6.45, 7) is 4.73. The number of esters is 1. The number of hydrogen-bond donors (Lipinski definition) is 1. The molecule has 0 saturated heterocycles. The van der Waals surface area contributed by atoms with E-state index in [9.17, 15) is 9.59 Å². The van der Waals surface area contributed by atoms with Gasteiger partial charge in [-0.15, -0.1) is 0 Å². The van der Waals surface area contributed by atoms with Gasteiger partial charge in [0.2, 0.25) is 0 Å². The van der Waals surface area contributed by atoms with Gasteiger partial charge in [0.05, 0.1) is 0 Å². The van der Waals surface area contributed by atoms with E-state index in [0.29, 0.717) is 0 Å². The summed E-state index contributed by atoms with van der Waals surface area (Å²) in [6, 6.07) is 0. The Kier molecular flexibility index (Phi) is 4.52. The molecule has 1 unspecified atom stereocenters. The Hall–Kier alpha value is -1.52. The van der Waals surface area contributed by atoms with Crippen molar-refractivity contribution in [2.75, 3.05) is 6.61 Å². The van der Waals surface area contributed by atoms with Crippen molar-refractivity contribution in [3.8, 4) is 0 Å². The first-order valence-electron chi connectivity index (χ1n) is 3.31. The number of hydrogen-bond acceptors (Lipinski definition) is 4. The molecule has 0 saturated carbocycles. The molecule has 0 fully saturated rings. The highest BCUT2D eigenvalue weighted by molar-refractivity contribution is 5.81. The van der Waals surface area contributed by atoms with E-state index in [1.165, 1.54) is 0 Å². The Morgan fingerprint density at radius 3 is 2.67 bits per heavy atom. The van der Waals surface area contributed by atoms with Gasteiger partial charge in [0.1, 0.15) is 12.7 Å². The summed E-state index contributed by atoms with van der Waals surface area (Å²) >= 11 is 0. The molecule has 1 atom stereocenters. The molecule has 1 amide bonds. The second kappa shape index (κ2) is 5.17. The molecule has 0 aromatic heterocycles. The first kappa shape index (κ1) is 10.5. The van der Waals surface area contributed by atoms with Crippen LogP contribution in [0, 0.1) is 0 Å². The SMILES string of the molecule is C=CC(=O)OC(C)COC(N)=O. The minimum Gasteiger partial charge on any atom is -0.456 e. The van der Waals surface area contributed by atoms with Crippen molar-refractivity contribution in [2.24, 2.45) is 5.73 Å². The third-order valence-corrected chi connectivity index (χ3v) is 0.944.